The van der Waals surface area contributed by atoms with Crippen LogP contribution in [0, 0.1) is 0 Å². The molecule has 6 heteroatoms. The van der Waals surface area contributed by atoms with E-state index in [0.29, 0.717) is 6.54 Å². The second-order valence-corrected chi connectivity index (χ2v) is 6.78. The monoisotopic (exact) mass is 351 g/mol. The quantitative estimate of drug-likeness (QED) is 0.886. The minimum absolute atomic E-state index is 0.0561. The molecule has 1 saturated heterocycles. The lowest BCUT2D eigenvalue weighted by Gasteiger charge is -2.44. The van der Waals surface area contributed by atoms with Gasteiger partial charge in [-0.3, -0.25) is 14.6 Å². The topological polar surface area (TPSA) is 62.3 Å². The fraction of sp³-hybridized carbons (Fsp3) is 0.533. The van der Waals surface area contributed by atoms with Gasteiger partial charge in [-0.25, -0.2) is 0 Å². The van der Waals surface area contributed by atoms with Crippen LogP contribution in [0.3, 0.4) is 0 Å². The van der Waals surface area contributed by atoms with Crippen LogP contribution in [-0.2, 0) is 16.1 Å². The average Bonchev–Trinajstić information content (AvgIpc) is 2.45. The van der Waals surface area contributed by atoms with Crippen LogP contribution in [0.25, 0.3) is 0 Å². The first-order valence-corrected chi connectivity index (χ1v) is 8.08. The van der Waals surface area contributed by atoms with Gasteiger partial charge in [-0.2, -0.15) is 0 Å². The fourth-order valence-electron chi connectivity index (χ4n) is 3.29. The van der Waals surface area contributed by atoms with Crippen LogP contribution in [0.5, 0.6) is 0 Å². The molecule has 1 N–H and O–H groups in total. The van der Waals surface area contributed by atoms with E-state index < -0.39 is 5.54 Å². The molecule has 1 spiro atoms. The normalized spacial score (nSPS) is 21.5. The molecule has 2 fully saturated rings. The van der Waals surface area contributed by atoms with Crippen molar-refractivity contribution in [3.8, 4) is 0 Å². The molecular weight excluding hydrogens is 334 g/mol. The van der Waals surface area contributed by atoms with Crippen molar-refractivity contribution in [2.45, 2.75) is 44.2 Å². The van der Waals surface area contributed by atoms with E-state index in [0.717, 1.165) is 42.1 Å². The molecule has 112 valence electrons. The lowest BCUT2D eigenvalue weighted by atomic mass is 9.79. The maximum atomic E-state index is 12.8. The molecule has 0 aromatic carbocycles. The van der Waals surface area contributed by atoms with Crippen LogP contribution in [-0.4, -0.2) is 33.8 Å². The number of halogens is 1. The molecule has 1 aliphatic heterocycles. The highest BCUT2D eigenvalue weighted by Crippen LogP contribution is 2.32. The van der Waals surface area contributed by atoms with E-state index in [-0.39, 0.29) is 18.4 Å². The molecule has 1 saturated carbocycles. The zero-order valence-corrected chi connectivity index (χ0v) is 13.4. The Morgan fingerprint density at radius 1 is 1.24 bits per heavy atom. The molecule has 1 aliphatic carbocycles. The van der Waals surface area contributed by atoms with Crippen molar-refractivity contribution < 1.29 is 9.59 Å². The van der Waals surface area contributed by atoms with E-state index in [4.69, 9.17) is 0 Å². The van der Waals surface area contributed by atoms with Gasteiger partial charge in [0, 0.05) is 23.4 Å². The molecule has 1 aromatic heterocycles. The molecule has 5 nitrogen and oxygen atoms in total. The highest BCUT2D eigenvalue weighted by Gasteiger charge is 2.46. The standard InChI is InChI=1S/C15H18BrN3O2/c16-12-6-11(7-17-8-12)9-19-10-13(20)18-15(14(19)21)4-2-1-3-5-15/h6-8H,1-5,9-10H2,(H,18,20). The van der Waals surface area contributed by atoms with E-state index in [2.05, 4.69) is 26.2 Å². The Hall–Kier alpha value is -1.43. The summed E-state index contributed by atoms with van der Waals surface area (Å²) >= 11 is 3.38. The summed E-state index contributed by atoms with van der Waals surface area (Å²) in [6.45, 7) is 0.563. The predicted octanol–water partition coefficient (Wildman–Crippen LogP) is 2.01. The molecule has 2 amide bonds. The Labute approximate surface area is 132 Å². The average molecular weight is 352 g/mol. The number of piperazine rings is 1. The number of rotatable bonds is 2. The molecule has 0 atom stereocenters. The van der Waals surface area contributed by atoms with Gasteiger partial charge in [-0.05, 0) is 40.4 Å². The second kappa shape index (κ2) is 5.75. The van der Waals surface area contributed by atoms with Crippen molar-refractivity contribution in [2.75, 3.05) is 6.54 Å². The summed E-state index contributed by atoms with van der Waals surface area (Å²) in [5.41, 5.74) is 0.269. The Balaban J connectivity index is 1.81. The number of carbonyl (C=O) groups excluding carboxylic acids is 2. The van der Waals surface area contributed by atoms with Gasteiger partial charge in [0.25, 0.3) is 0 Å². The smallest absolute Gasteiger partial charge is 0.249 e. The van der Waals surface area contributed by atoms with Crippen LogP contribution in [0.15, 0.2) is 22.9 Å². The van der Waals surface area contributed by atoms with E-state index >= 15 is 0 Å². The number of pyridine rings is 1. The summed E-state index contributed by atoms with van der Waals surface area (Å²) in [7, 11) is 0. The summed E-state index contributed by atoms with van der Waals surface area (Å²) in [5, 5.41) is 2.95. The van der Waals surface area contributed by atoms with Gasteiger partial charge in [-0.15, -0.1) is 0 Å². The molecule has 3 rings (SSSR count). The Bertz CT molecular complexity index is 570. The zero-order chi connectivity index (χ0) is 14.9. The fourth-order valence-corrected chi connectivity index (χ4v) is 3.70. The van der Waals surface area contributed by atoms with E-state index in [9.17, 15) is 9.59 Å². The SMILES string of the molecule is O=C1CN(Cc2cncc(Br)c2)C(=O)C2(CCCCC2)N1. The van der Waals surface area contributed by atoms with Crippen LogP contribution in [0.1, 0.15) is 37.7 Å². The largest absolute Gasteiger partial charge is 0.340 e. The molecule has 21 heavy (non-hydrogen) atoms. The van der Waals surface area contributed by atoms with Gasteiger partial charge in [0.1, 0.15) is 5.54 Å². The molecule has 1 aromatic rings. The summed E-state index contributed by atoms with van der Waals surface area (Å²) < 4.78 is 0.876. The molecule has 2 heterocycles. The maximum absolute atomic E-state index is 12.8. The van der Waals surface area contributed by atoms with E-state index in [1.807, 2.05) is 6.07 Å². The number of nitrogens with zero attached hydrogens (tertiary/aromatic N) is 2. The van der Waals surface area contributed by atoms with Crippen LogP contribution in [0.2, 0.25) is 0 Å². The van der Waals surface area contributed by atoms with Crippen molar-refractivity contribution >= 4 is 27.7 Å². The Morgan fingerprint density at radius 3 is 2.71 bits per heavy atom. The molecule has 0 bridgehead atoms. The minimum atomic E-state index is -0.660. The van der Waals surface area contributed by atoms with Crippen molar-refractivity contribution in [2.24, 2.45) is 0 Å². The first-order valence-electron chi connectivity index (χ1n) is 7.29. The predicted molar refractivity (Wildman–Crippen MR) is 81.3 cm³/mol. The van der Waals surface area contributed by atoms with Crippen molar-refractivity contribution in [3.63, 3.8) is 0 Å². The number of hydrogen-bond acceptors (Lipinski definition) is 3. The van der Waals surface area contributed by atoms with Gasteiger partial charge in [0.15, 0.2) is 0 Å². The van der Waals surface area contributed by atoms with E-state index in [1.54, 1.807) is 17.3 Å². The number of amides is 2. The summed E-state index contributed by atoms with van der Waals surface area (Å²) in [6.07, 6.45) is 8.08. The van der Waals surface area contributed by atoms with Gasteiger partial charge in [0.2, 0.25) is 11.8 Å². The highest BCUT2D eigenvalue weighted by molar-refractivity contribution is 9.10. The first kappa shape index (κ1) is 14.5. The lowest BCUT2D eigenvalue weighted by molar-refractivity contribution is -0.152. The first-order chi connectivity index (χ1) is 10.1. The summed E-state index contributed by atoms with van der Waals surface area (Å²) in [6, 6.07) is 1.93. The third-order valence-electron chi connectivity index (χ3n) is 4.25. The highest BCUT2D eigenvalue weighted by atomic mass is 79.9. The Morgan fingerprint density at radius 2 is 2.00 bits per heavy atom. The Kier molecular flexibility index (Phi) is 3.97. The van der Waals surface area contributed by atoms with Crippen molar-refractivity contribution in [1.82, 2.24) is 15.2 Å². The van der Waals surface area contributed by atoms with Gasteiger partial charge in [0.05, 0.1) is 6.54 Å². The summed E-state index contributed by atoms with van der Waals surface area (Å²) in [4.78, 5) is 30.6. The third-order valence-corrected chi connectivity index (χ3v) is 4.69. The molecule has 2 aliphatic rings. The number of aromatic nitrogens is 1. The number of carbonyl (C=O) groups is 2. The third kappa shape index (κ3) is 2.95. The molecule has 0 radical (unpaired) electrons. The number of nitrogens with one attached hydrogen (secondary N) is 1. The van der Waals surface area contributed by atoms with E-state index in [1.165, 1.54) is 0 Å². The maximum Gasteiger partial charge on any atom is 0.249 e. The van der Waals surface area contributed by atoms with Crippen molar-refractivity contribution in [1.29, 1.82) is 0 Å². The molecule has 0 unspecified atom stereocenters. The van der Waals surface area contributed by atoms with Crippen LogP contribution >= 0.6 is 15.9 Å². The summed E-state index contributed by atoms with van der Waals surface area (Å²) in [5.74, 6) is 0.00114. The van der Waals surface area contributed by atoms with Gasteiger partial charge in [-0.1, -0.05) is 19.3 Å². The number of hydrogen-bond donors (Lipinski definition) is 1. The van der Waals surface area contributed by atoms with Crippen LogP contribution in [0.4, 0.5) is 0 Å². The van der Waals surface area contributed by atoms with Crippen molar-refractivity contribution in [3.05, 3.63) is 28.5 Å². The van der Waals surface area contributed by atoms with Gasteiger partial charge < -0.3 is 10.2 Å². The minimum Gasteiger partial charge on any atom is -0.340 e. The van der Waals surface area contributed by atoms with Crippen LogP contribution < -0.4 is 5.32 Å². The lowest BCUT2D eigenvalue weighted by Crippen LogP contribution is -2.66. The molecular formula is C15H18BrN3O2. The van der Waals surface area contributed by atoms with Gasteiger partial charge >= 0.3 is 0 Å². The zero-order valence-electron chi connectivity index (χ0n) is 11.8. The second-order valence-electron chi connectivity index (χ2n) is 5.86.